The average molecular weight is 531 g/mol. The summed E-state index contributed by atoms with van der Waals surface area (Å²) >= 11 is 0. The van der Waals surface area contributed by atoms with Gasteiger partial charge in [0, 0.05) is 12.3 Å². The number of rotatable bonds is 21. The number of unbranched alkanes of at least 4 members (excludes halogenated alkanes) is 13. The van der Waals surface area contributed by atoms with Crippen molar-refractivity contribution in [3.05, 3.63) is 29.8 Å². The number of para-hydroxylation sites is 1. The molecule has 0 saturated carbocycles. The number of hydrogen-bond donors (Lipinski definition) is 1. The van der Waals surface area contributed by atoms with E-state index in [1.165, 1.54) is 133 Å². The Labute approximate surface area is 232 Å². The lowest BCUT2D eigenvalue weighted by atomic mass is 9.90. The van der Waals surface area contributed by atoms with Crippen LogP contribution in [-0.2, 0) is 4.79 Å². The number of carbonyl (C=O) groups is 2. The highest BCUT2D eigenvalue weighted by molar-refractivity contribution is 5.91. The van der Waals surface area contributed by atoms with E-state index in [9.17, 15) is 14.7 Å². The molecule has 216 valence electrons. The number of benzene rings is 1. The summed E-state index contributed by atoms with van der Waals surface area (Å²) in [7, 11) is 2.51. The number of carboxylic acids is 1. The fourth-order valence-corrected chi connectivity index (χ4v) is 6.13. The second-order valence-corrected chi connectivity index (χ2v) is 12.0. The molecule has 5 heteroatoms. The summed E-state index contributed by atoms with van der Waals surface area (Å²) in [6.07, 6.45) is 24.0. The van der Waals surface area contributed by atoms with Crippen molar-refractivity contribution in [3.63, 3.8) is 0 Å². The van der Waals surface area contributed by atoms with Crippen molar-refractivity contribution < 1.29 is 23.9 Å². The molecule has 5 nitrogen and oxygen atoms in total. The Morgan fingerprint density at radius 3 is 2.16 bits per heavy atom. The largest absolute Gasteiger partial charge is 0.478 e. The summed E-state index contributed by atoms with van der Waals surface area (Å²) in [5, 5.41) is 9.18. The monoisotopic (exact) mass is 530 g/mol. The predicted molar refractivity (Wildman–Crippen MR) is 157 cm³/mol. The van der Waals surface area contributed by atoms with E-state index in [4.69, 9.17) is 4.74 Å². The smallest absolute Gasteiger partial charge is 0.339 e. The molecule has 1 N–H and O–H groups in total. The highest BCUT2D eigenvalue weighted by atomic mass is 16.5. The van der Waals surface area contributed by atoms with Crippen LogP contribution in [0.15, 0.2) is 24.3 Å². The summed E-state index contributed by atoms with van der Waals surface area (Å²) in [6, 6.07) is 6.29. The Hall–Kier alpha value is -1.88. The molecule has 1 saturated heterocycles. The number of ether oxygens (including phenoxy) is 1. The van der Waals surface area contributed by atoms with Gasteiger partial charge in [0.15, 0.2) is 0 Å². The summed E-state index contributed by atoms with van der Waals surface area (Å²) in [5.41, 5.74) is 0.0285. The maximum absolute atomic E-state index is 12.0. The Kier molecular flexibility index (Phi) is 16.4. The van der Waals surface area contributed by atoms with Crippen molar-refractivity contribution in [2.75, 3.05) is 26.7 Å². The summed E-state index contributed by atoms with van der Waals surface area (Å²) in [4.78, 5) is 23.3. The van der Waals surface area contributed by atoms with Gasteiger partial charge in [-0.25, -0.2) is 4.79 Å². The van der Waals surface area contributed by atoms with Crippen molar-refractivity contribution in [2.24, 2.45) is 5.92 Å². The van der Waals surface area contributed by atoms with Crippen molar-refractivity contribution in [2.45, 2.75) is 129 Å². The molecule has 2 rings (SSSR count). The lowest BCUT2D eigenvalue weighted by Gasteiger charge is -2.41. The number of nitrogens with zero attached hydrogens (tertiary/aromatic N) is 1. The molecule has 0 spiro atoms. The first-order valence-corrected chi connectivity index (χ1v) is 15.8. The molecule has 0 amide bonds. The molecule has 2 unspecified atom stereocenters. The Morgan fingerprint density at radius 1 is 0.868 bits per heavy atom. The van der Waals surface area contributed by atoms with E-state index in [0.717, 1.165) is 25.2 Å². The van der Waals surface area contributed by atoms with Crippen LogP contribution in [-0.4, -0.2) is 48.2 Å². The molecule has 1 aromatic rings. The van der Waals surface area contributed by atoms with Crippen molar-refractivity contribution in [1.82, 2.24) is 0 Å². The minimum Gasteiger partial charge on any atom is -0.478 e. The van der Waals surface area contributed by atoms with Crippen molar-refractivity contribution in [3.8, 4) is 5.75 Å². The molecule has 1 heterocycles. The summed E-state index contributed by atoms with van der Waals surface area (Å²) < 4.78 is 6.58. The number of esters is 1. The first-order chi connectivity index (χ1) is 18.4. The molecule has 1 aliphatic rings. The van der Waals surface area contributed by atoms with Crippen LogP contribution in [0.25, 0.3) is 0 Å². The molecule has 0 aliphatic carbocycles. The molecule has 1 aliphatic heterocycles. The number of piperidine rings is 1. The maximum atomic E-state index is 12.0. The third-order valence-corrected chi connectivity index (χ3v) is 8.40. The number of quaternary nitrogens is 1. The second-order valence-electron chi connectivity index (χ2n) is 12.0. The molecule has 38 heavy (non-hydrogen) atoms. The predicted octanol–water partition coefficient (Wildman–Crippen LogP) is 8.80. The summed E-state index contributed by atoms with van der Waals surface area (Å²) in [6.45, 7) is 6.49. The van der Waals surface area contributed by atoms with Gasteiger partial charge < -0.3 is 14.3 Å². The van der Waals surface area contributed by atoms with Crippen LogP contribution in [0.4, 0.5) is 0 Å². The van der Waals surface area contributed by atoms with Gasteiger partial charge in [-0.15, -0.1) is 0 Å². The van der Waals surface area contributed by atoms with Gasteiger partial charge in [0.1, 0.15) is 11.3 Å². The van der Waals surface area contributed by atoms with Crippen LogP contribution in [0, 0.1) is 5.92 Å². The minimum absolute atomic E-state index is 0.0285. The van der Waals surface area contributed by atoms with E-state index in [-0.39, 0.29) is 17.3 Å². The lowest BCUT2D eigenvalue weighted by Crippen LogP contribution is -2.51. The first kappa shape index (κ1) is 32.3. The van der Waals surface area contributed by atoms with Gasteiger partial charge in [-0.05, 0) is 50.7 Å². The molecule has 0 bridgehead atoms. The summed E-state index contributed by atoms with van der Waals surface area (Å²) in [5.74, 6) is -0.352. The first-order valence-electron chi connectivity index (χ1n) is 15.8. The third kappa shape index (κ3) is 13.8. The van der Waals surface area contributed by atoms with E-state index in [1.54, 1.807) is 12.1 Å². The zero-order chi connectivity index (χ0) is 27.5. The maximum Gasteiger partial charge on any atom is 0.339 e. The molecule has 0 radical (unpaired) electrons. The average Bonchev–Trinajstić information content (AvgIpc) is 2.89. The van der Waals surface area contributed by atoms with Gasteiger partial charge in [-0.2, -0.15) is 0 Å². The van der Waals surface area contributed by atoms with Gasteiger partial charge in [0.2, 0.25) is 0 Å². The van der Waals surface area contributed by atoms with E-state index in [1.807, 2.05) is 0 Å². The minimum atomic E-state index is -1.08. The number of aromatic carboxylic acids is 1. The van der Waals surface area contributed by atoms with Gasteiger partial charge >= 0.3 is 11.9 Å². The lowest BCUT2D eigenvalue weighted by molar-refractivity contribution is -0.917. The molecule has 0 aromatic heterocycles. The standard InChI is InChI=1S/C33H55NO4/c1-3-4-5-6-14-19-26-34(2)27-20-22-29(28-34)21-15-12-10-8-7-9-11-13-16-25-32(35)38-31-24-18-17-23-30(31)33(36)37/h17-18,23-24,29H,3-16,19-22,25-28H2,1-2H3/p+1. The highest BCUT2D eigenvalue weighted by Crippen LogP contribution is 2.27. The third-order valence-electron chi connectivity index (χ3n) is 8.40. The molecular formula is C33H56NO4+. The highest BCUT2D eigenvalue weighted by Gasteiger charge is 2.30. The topological polar surface area (TPSA) is 63.6 Å². The zero-order valence-electron chi connectivity index (χ0n) is 24.6. The number of hydrogen-bond acceptors (Lipinski definition) is 3. The van der Waals surface area contributed by atoms with Gasteiger partial charge in [-0.1, -0.05) is 96.1 Å². The fraction of sp³-hybridized carbons (Fsp3) is 0.758. The van der Waals surface area contributed by atoms with Crippen LogP contribution in [0.1, 0.15) is 139 Å². The SMILES string of the molecule is CCCCCCCC[N+]1(C)CCCC(CCCCCCCCCCCC(=O)Oc2ccccc2C(=O)O)C1. The normalized spacial score (nSPS) is 19.4. The number of carbonyl (C=O) groups excluding carboxylic acids is 1. The van der Waals surface area contributed by atoms with Gasteiger partial charge in [0.25, 0.3) is 0 Å². The Balaban J connectivity index is 1.42. The van der Waals surface area contributed by atoms with Crippen LogP contribution < -0.4 is 4.74 Å². The Bertz CT molecular complexity index is 795. The molecule has 1 fully saturated rings. The van der Waals surface area contributed by atoms with Crippen LogP contribution in [0.3, 0.4) is 0 Å². The van der Waals surface area contributed by atoms with Gasteiger partial charge in [0.05, 0.1) is 26.7 Å². The van der Waals surface area contributed by atoms with E-state index in [2.05, 4.69) is 14.0 Å². The molecule has 2 atom stereocenters. The van der Waals surface area contributed by atoms with Gasteiger partial charge in [-0.3, -0.25) is 4.79 Å². The zero-order valence-corrected chi connectivity index (χ0v) is 24.6. The van der Waals surface area contributed by atoms with Crippen molar-refractivity contribution >= 4 is 11.9 Å². The number of carboxylic acid groups (broad SMARTS) is 1. The van der Waals surface area contributed by atoms with Crippen LogP contribution in [0.5, 0.6) is 5.75 Å². The van der Waals surface area contributed by atoms with Crippen molar-refractivity contribution in [1.29, 1.82) is 0 Å². The second kappa shape index (κ2) is 19.2. The quantitative estimate of drug-likeness (QED) is 0.0746. The molecular weight excluding hydrogens is 474 g/mol. The number of likely N-dealkylation sites (tertiary alicyclic amines) is 1. The van der Waals surface area contributed by atoms with E-state index >= 15 is 0 Å². The van der Waals surface area contributed by atoms with E-state index < -0.39 is 5.97 Å². The van der Waals surface area contributed by atoms with Crippen LogP contribution >= 0.6 is 0 Å². The van der Waals surface area contributed by atoms with E-state index in [0.29, 0.717) is 6.42 Å². The molecule has 1 aromatic carbocycles. The fourth-order valence-electron chi connectivity index (χ4n) is 6.13. The Morgan fingerprint density at radius 2 is 1.47 bits per heavy atom. The van der Waals surface area contributed by atoms with Crippen LogP contribution in [0.2, 0.25) is 0 Å².